The van der Waals surface area contributed by atoms with Gasteiger partial charge in [0.05, 0.1) is 5.60 Å². The molecule has 0 radical (unpaired) electrons. The van der Waals surface area contributed by atoms with Crippen LogP contribution in [0.1, 0.15) is 50.5 Å². The van der Waals surface area contributed by atoms with Gasteiger partial charge in [0.1, 0.15) is 6.33 Å². The third-order valence-corrected chi connectivity index (χ3v) is 4.90. The number of fused-ring (bicyclic) bond motifs is 1. The van der Waals surface area contributed by atoms with Crippen molar-refractivity contribution < 1.29 is 5.11 Å². The van der Waals surface area contributed by atoms with Crippen LogP contribution in [0.4, 0.5) is 0 Å². The molecule has 104 valence electrons. The molecule has 0 amide bonds. The standard InChI is InChI=1S/C15H23N3O/c19-15-7-2-1-4-13(15)5-3-6-14(15)18-10-12-8-16-11-17-9-12/h8-9,11,13-14,18-19H,1-7,10H2/t13-,14?,15-/m1/s1. The average molecular weight is 261 g/mol. The van der Waals surface area contributed by atoms with E-state index in [9.17, 15) is 5.11 Å². The van der Waals surface area contributed by atoms with Crippen LogP contribution in [-0.2, 0) is 6.54 Å². The van der Waals surface area contributed by atoms with Crippen molar-refractivity contribution in [2.45, 2.75) is 63.1 Å². The summed E-state index contributed by atoms with van der Waals surface area (Å²) in [5, 5.41) is 14.6. The first-order valence-corrected chi connectivity index (χ1v) is 7.49. The average Bonchev–Trinajstić information content (AvgIpc) is 2.46. The second-order valence-electron chi connectivity index (χ2n) is 6.05. The molecule has 0 bridgehead atoms. The molecule has 1 heterocycles. The Morgan fingerprint density at radius 2 is 1.95 bits per heavy atom. The van der Waals surface area contributed by atoms with Crippen molar-refractivity contribution in [2.24, 2.45) is 5.92 Å². The molecular weight excluding hydrogens is 238 g/mol. The van der Waals surface area contributed by atoms with Crippen molar-refractivity contribution in [3.05, 3.63) is 24.3 Å². The maximum Gasteiger partial charge on any atom is 0.115 e. The van der Waals surface area contributed by atoms with Gasteiger partial charge in [-0.05, 0) is 31.6 Å². The minimum Gasteiger partial charge on any atom is -0.388 e. The van der Waals surface area contributed by atoms with Crippen LogP contribution in [0.5, 0.6) is 0 Å². The third kappa shape index (κ3) is 2.65. The first-order chi connectivity index (χ1) is 9.29. The highest BCUT2D eigenvalue weighted by atomic mass is 16.3. The third-order valence-electron chi connectivity index (χ3n) is 4.90. The number of rotatable bonds is 3. The van der Waals surface area contributed by atoms with Gasteiger partial charge >= 0.3 is 0 Å². The van der Waals surface area contributed by atoms with E-state index in [4.69, 9.17) is 0 Å². The Kier molecular flexibility index (Phi) is 3.80. The summed E-state index contributed by atoms with van der Waals surface area (Å²) in [4.78, 5) is 8.07. The second kappa shape index (κ2) is 5.55. The maximum atomic E-state index is 11.0. The van der Waals surface area contributed by atoms with E-state index in [0.29, 0.717) is 5.92 Å². The lowest BCUT2D eigenvalue weighted by atomic mass is 9.65. The highest BCUT2D eigenvalue weighted by Gasteiger charge is 2.46. The number of aliphatic hydroxyl groups is 1. The van der Waals surface area contributed by atoms with Gasteiger partial charge in [-0.15, -0.1) is 0 Å². The first kappa shape index (κ1) is 13.0. The SMILES string of the molecule is O[C@]12CCCC[C@@H]1CCCC2NCc1cncnc1. The summed E-state index contributed by atoms with van der Waals surface area (Å²) in [6.07, 6.45) is 13.3. The van der Waals surface area contributed by atoms with Crippen molar-refractivity contribution in [3.8, 4) is 0 Å². The minimum absolute atomic E-state index is 0.228. The lowest BCUT2D eigenvalue weighted by Gasteiger charge is -2.49. The van der Waals surface area contributed by atoms with Gasteiger partial charge in [0.2, 0.25) is 0 Å². The molecule has 0 aromatic carbocycles. The number of aromatic nitrogens is 2. The van der Waals surface area contributed by atoms with Gasteiger partial charge in [0.25, 0.3) is 0 Å². The summed E-state index contributed by atoms with van der Waals surface area (Å²) in [5.74, 6) is 0.500. The Hall–Kier alpha value is -1.00. The van der Waals surface area contributed by atoms with Gasteiger partial charge in [-0.3, -0.25) is 0 Å². The summed E-state index contributed by atoms with van der Waals surface area (Å²) in [6.45, 7) is 0.751. The molecule has 2 saturated carbocycles. The largest absolute Gasteiger partial charge is 0.388 e. The van der Waals surface area contributed by atoms with Crippen LogP contribution in [0.25, 0.3) is 0 Å². The Labute approximate surface area is 114 Å². The predicted octanol–water partition coefficient (Wildman–Crippen LogP) is 2.04. The summed E-state index contributed by atoms with van der Waals surface area (Å²) >= 11 is 0. The molecule has 4 nitrogen and oxygen atoms in total. The molecule has 0 saturated heterocycles. The zero-order valence-corrected chi connectivity index (χ0v) is 11.4. The normalized spacial score (nSPS) is 34.8. The maximum absolute atomic E-state index is 11.0. The Bertz CT molecular complexity index is 409. The Balaban J connectivity index is 1.66. The molecule has 0 spiro atoms. The van der Waals surface area contributed by atoms with E-state index in [0.717, 1.165) is 24.9 Å². The highest BCUT2D eigenvalue weighted by Crippen LogP contribution is 2.43. The van der Waals surface area contributed by atoms with Crippen LogP contribution >= 0.6 is 0 Å². The molecule has 0 aliphatic heterocycles. The first-order valence-electron chi connectivity index (χ1n) is 7.49. The van der Waals surface area contributed by atoms with Crippen molar-refractivity contribution in [1.82, 2.24) is 15.3 Å². The van der Waals surface area contributed by atoms with Gasteiger partial charge in [-0.1, -0.05) is 19.3 Å². The molecule has 1 unspecified atom stereocenters. The van der Waals surface area contributed by atoms with Gasteiger partial charge in [-0.2, -0.15) is 0 Å². The predicted molar refractivity (Wildman–Crippen MR) is 73.4 cm³/mol. The van der Waals surface area contributed by atoms with Crippen LogP contribution in [0.3, 0.4) is 0 Å². The topological polar surface area (TPSA) is 58.0 Å². The Morgan fingerprint density at radius 1 is 1.16 bits per heavy atom. The van der Waals surface area contributed by atoms with E-state index in [1.807, 2.05) is 12.4 Å². The molecular formula is C15H23N3O. The quantitative estimate of drug-likeness (QED) is 0.874. The van der Waals surface area contributed by atoms with E-state index in [1.165, 1.54) is 32.1 Å². The van der Waals surface area contributed by atoms with Crippen molar-refractivity contribution in [2.75, 3.05) is 0 Å². The zero-order chi connectivity index (χ0) is 13.1. The zero-order valence-electron chi connectivity index (χ0n) is 11.4. The highest BCUT2D eigenvalue weighted by molar-refractivity contribution is 5.06. The molecule has 4 heteroatoms. The van der Waals surface area contributed by atoms with Crippen LogP contribution in [0.2, 0.25) is 0 Å². The number of nitrogens with zero attached hydrogens (tertiary/aromatic N) is 2. The molecule has 2 N–H and O–H groups in total. The van der Waals surface area contributed by atoms with Gasteiger partial charge in [0, 0.05) is 30.5 Å². The molecule has 2 aliphatic rings. The molecule has 19 heavy (non-hydrogen) atoms. The minimum atomic E-state index is -0.480. The van der Waals surface area contributed by atoms with E-state index in [-0.39, 0.29) is 6.04 Å². The van der Waals surface area contributed by atoms with Crippen LogP contribution in [0.15, 0.2) is 18.7 Å². The van der Waals surface area contributed by atoms with E-state index >= 15 is 0 Å². The summed E-state index contributed by atoms with van der Waals surface area (Å²) in [7, 11) is 0. The monoisotopic (exact) mass is 261 g/mol. The molecule has 2 fully saturated rings. The fourth-order valence-electron chi connectivity index (χ4n) is 3.87. The summed E-state index contributed by atoms with van der Waals surface area (Å²) < 4.78 is 0. The van der Waals surface area contributed by atoms with Gasteiger partial charge in [-0.25, -0.2) is 9.97 Å². The Morgan fingerprint density at radius 3 is 2.79 bits per heavy atom. The van der Waals surface area contributed by atoms with Crippen LogP contribution in [0, 0.1) is 5.92 Å². The van der Waals surface area contributed by atoms with E-state index < -0.39 is 5.60 Å². The smallest absolute Gasteiger partial charge is 0.115 e. The van der Waals surface area contributed by atoms with Crippen molar-refractivity contribution in [3.63, 3.8) is 0 Å². The van der Waals surface area contributed by atoms with Crippen LogP contribution in [-0.4, -0.2) is 26.7 Å². The lowest BCUT2D eigenvalue weighted by molar-refractivity contribution is -0.0989. The van der Waals surface area contributed by atoms with Gasteiger partial charge < -0.3 is 10.4 Å². The van der Waals surface area contributed by atoms with Crippen LogP contribution < -0.4 is 5.32 Å². The van der Waals surface area contributed by atoms with Crippen molar-refractivity contribution >= 4 is 0 Å². The lowest BCUT2D eigenvalue weighted by Crippen LogP contribution is -2.58. The number of hydrogen-bond donors (Lipinski definition) is 2. The molecule has 2 aliphatic carbocycles. The fourth-order valence-corrected chi connectivity index (χ4v) is 3.87. The molecule has 1 aromatic rings. The van der Waals surface area contributed by atoms with Gasteiger partial charge in [0.15, 0.2) is 0 Å². The molecule has 1 aromatic heterocycles. The van der Waals surface area contributed by atoms with E-state index in [2.05, 4.69) is 15.3 Å². The fraction of sp³-hybridized carbons (Fsp3) is 0.733. The summed E-state index contributed by atoms with van der Waals surface area (Å²) in [5.41, 5.74) is 0.607. The van der Waals surface area contributed by atoms with E-state index in [1.54, 1.807) is 6.33 Å². The molecule has 3 atom stereocenters. The molecule has 3 rings (SSSR count). The number of hydrogen-bond acceptors (Lipinski definition) is 4. The second-order valence-corrected chi connectivity index (χ2v) is 6.05. The number of nitrogens with one attached hydrogen (secondary N) is 1. The summed E-state index contributed by atoms with van der Waals surface area (Å²) in [6, 6.07) is 0.228. The van der Waals surface area contributed by atoms with Crippen molar-refractivity contribution in [1.29, 1.82) is 0 Å².